The number of nitrogens with zero attached hydrogens (tertiary/aromatic N) is 3. The minimum atomic E-state index is -0.236. The zero-order chi connectivity index (χ0) is 13.3. The molecule has 1 fully saturated rings. The van der Waals surface area contributed by atoms with Gasteiger partial charge in [0.25, 0.3) is 0 Å². The molecule has 6 heteroatoms. The van der Waals surface area contributed by atoms with E-state index < -0.39 is 0 Å². The predicted molar refractivity (Wildman–Crippen MR) is 63.5 cm³/mol. The molecule has 2 amide bonds. The molecule has 0 aromatic carbocycles. The molecule has 0 radical (unpaired) electrons. The van der Waals surface area contributed by atoms with E-state index in [1.54, 1.807) is 30.0 Å². The minimum Gasteiger partial charge on any atom is -0.361 e. The van der Waals surface area contributed by atoms with Gasteiger partial charge in [0.05, 0.1) is 12.5 Å². The highest BCUT2D eigenvalue weighted by Gasteiger charge is 2.33. The number of rotatable bonds is 3. The number of carbonyl (C=O) groups is 2. The lowest BCUT2D eigenvalue weighted by molar-refractivity contribution is -0.135. The van der Waals surface area contributed by atoms with Crippen LogP contribution in [0.15, 0.2) is 10.6 Å². The zero-order valence-corrected chi connectivity index (χ0v) is 10.8. The second kappa shape index (κ2) is 4.80. The first-order valence-electron chi connectivity index (χ1n) is 5.88. The van der Waals surface area contributed by atoms with Crippen LogP contribution in [-0.4, -0.2) is 47.4 Å². The number of amides is 2. The topological polar surface area (TPSA) is 66.7 Å². The Hall–Kier alpha value is -1.85. The highest BCUT2D eigenvalue weighted by atomic mass is 16.5. The van der Waals surface area contributed by atoms with Gasteiger partial charge in [-0.2, -0.15) is 0 Å². The molecule has 2 rings (SSSR count). The fourth-order valence-corrected chi connectivity index (χ4v) is 2.15. The Balaban J connectivity index is 1.95. The summed E-state index contributed by atoms with van der Waals surface area (Å²) < 4.78 is 4.95. The van der Waals surface area contributed by atoms with Crippen LogP contribution in [0.1, 0.15) is 17.9 Å². The molecular weight excluding hydrogens is 234 g/mol. The van der Waals surface area contributed by atoms with Crippen LogP contribution in [0, 0.1) is 12.8 Å². The molecule has 1 aromatic rings. The van der Waals surface area contributed by atoms with Crippen molar-refractivity contribution < 1.29 is 14.1 Å². The van der Waals surface area contributed by atoms with Gasteiger partial charge in [0.1, 0.15) is 11.5 Å². The maximum atomic E-state index is 12.1. The van der Waals surface area contributed by atoms with Gasteiger partial charge in [0, 0.05) is 33.1 Å². The van der Waals surface area contributed by atoms with E-state index in [0.29, 0.717) is 19.5 Å². The number of carbonyl (C=O) groups excluding carboxylic acids is 2. The largest absolute Gasteiger partial charge is 0.361 e. The Bertz CT molecular complexity index is 469. The molecule has 0 bridgehead atoms. The quantitative estimate of drug-likeness (QED) is 0.781. The zero-order valence-electron chi connectivity index (χ0n) is 10.8. The second-order valence-corrected chi connectivity index (χ2v) is 4.80. The molecular formula is C12H17N3O3. The molecule has 0 spiro atoms. The van der Waals surface area contributed by atoms with Crippen LogP contribution in [0.4, 0.5) is 0 Å². The first kappa shape index (κ1) is 12.6. The Labute approximate surface area is 106 Å². The molecule has 0 N–H and O–H groups in total. The van der Waals surface area contributed by atoms with Crippen molar-refractivity contribution in [1.29, 1.82) is 0 Å². The second-order valence-electron chi connectivity index (χ2n) is 4.80. The Kier molecular flexibility index (Phi) is 3.36. The van der Waals surface area contributed by atoms with Crippen molar-refractivity contribution in [2.24, 2.45) is 5.92 Å². The van der Waals surface area contributed by atoms with Crippen LogP contribution in [0.3, 0.4) is 0 Å². The lowest BCUT2D eigenvalue weighted by atomic mass is 10.1. The van der Waals surface area contributed by atoms with Crippen LogP contribution < -0.4 is 0 Å². The molecule has 1 aromatic heterocycles. The SMILES string of the molecule is Cc1cc(CN(C)C(=O)[C@@H]2CC(=O)N(C)C2)no1. The summed E-state index contributed by atoms with van der Waals surface area (Å²) in [6.45, 7) is 2.72. The molecule has 1 atom stereocenters. The van der Waals surface area contributed by atoms with Gasteiger partial charge in [-0.15, -0.1) is 0 Å². The van der Waals surface area contributed by atoms with Gasteiger partial charge >= 0.3 is 0 Å². The minimum absolute atomic E-state index is 0.0200. The smallest absolute Gasteiger partial charge is 0.228 e. The maximum Gasteiger partial charge on any atom is 0.228 e. The van der Waals surface area contributed by atoms with Gasteiger partial charge in [-0.1, -0.05) is 5.16 Å². The van der Waals surface area contributed by atoms with Crippen LogP contribution in [0.5, 0.6) is 0 Å². The van der Waals surface area contributed by atoms with E-state index in [-0.39, 0.29) is 17.7 Å². The molecule has 98 valence electrons. The van der Waals surface area contributed by atoms with Gasteiger partial charge in [-0.25, -0.2) is 0 Å². The summed E-state index contributed by atoms with van der Waals surface area (Å²) in [6, 6.07) is 1.80. The van der Waals surface area contributed by atoms with Gasteiger partial charge in [-0.3, -0.25) is 9.59 Å². The Morgan fingerprint density at radius 3 is 2.89 bits per heavy atom. The first-order valence-corrected chi connectivity index (χ1v) is 5.88. The van der Waals surface area contributed by atoms with Crippen molar-refractivity contribution in [1.82, 2.24) is 15.0 Å². The normalized spacial score (nSPS) is 19.4. The summed E-state index contributed by atoms with van der Waals surface area (Å²) in [5.41, 5.74) is 0.723. The van der Waals surface area contributed by atoms with Gasteiger partial charge in [-0.05, 0) is 6.92 Å². The van der Waals surface area contributed by atoms with Crippen molar-refractivity contribution in [3.8, 4) is 0 Å². The number of likely N-dealkylation sites (tertiary alicyclic amines) is 1. The van der Waals surface area contributed by atoms with E-state index in [0.717, 1.165) is 11.5 Å². The highest BCUT2D eigenvalue weighted by molar-refractivity contribution is 5.88. The van der Waals surface area contributed by atoms with Crippen molar-refractivity contribution in [2.75, 3.05) is 20.6 Å². The lowest BCUT2D eigenvalue weighted by Crippen LogP contribution is -2.33. The van der Waals surface area contributed by atoms with Gasteiger partial charge in [0.15, 0.2) is 0 Å². The van der Waals surface area contributed by atoms with Crippen molar-refractivity contribution >= 4 is 11.8 Å². The average Bonchev–Trinajstić information content (AvgIpc) is 2.85. The molecule has 0 saturated carbocycles. The van der Waals surface area contributed by atoms with Gasteiger partial charge in [0.2, 0.25) is 11.8 Å². The van der Waals surface area contributed by atoms with Gasteiger partial charge < -0.3 is 14.3 Å². The van der Waals surface area contributed by atoms with Crippen LogP contribution in [0.25, 0.3) is 0 Å². The predicted octanol–water partition coefficient (Wildman–Crippen LogP) is 0.420. The van der Waals surface area contributed by atoms with E-state index in [2.05, 4.69) is 5.16 Å². The molecule has 6 nitrogen and oxygen atoms in total. The first-order chi connectivity index (χ1) is 8.47. The Morgan fingerprint density at radius 2 is 2.39 bits per heavy atom. The van der Waals surface area contributed by atoms with Crippen molar-refractivity contribution in [2.45, 2.75) is 19.9 Å². The number of aromatic nitrogens is 1. The molecule has 0 unspecified atom stereocenters. The summed E-state index contributed by atoms with van der Waals surface area (Å²) in [7, 11) is 3.44. The average molecular weight is 251 g/mol. The molecule has 1 aliphatic heterocycles. The molecule has 0 aliphatic carbocycles. The summed E-state index contributed by atoms with van der Waals surface area (Å²) in [5, 5.41) is 3.85. The summed E-state index contributed by atoms with van der Waals surface area (Å²) in [4.78, 5) is 26.7. The third kappa shape index (κ3) is 2.52. The standard InChI is InChI=1S/C12H17N3O3/c1-8-4-10(13-18-8)7-15(3)12(17)9-5-11(16)14(2)6-9/h4,9H,5-7H2,1-3H3/t9-/m1/s1. The highest BCUT2D eigenvalue weighted by Crippen LogP contribution is 2.19. The summed E-state index contributed by atoms with van der Waals surface area (Å²) in [5.74, 6) is 0.495. The van der Waals surface area contributed by atoms with E-state index in [1.807, 2.05) is 6.92 Å². The van der Waals surface area contributed by atoms with Crippen LogP contribution in [-0.2, 0) is 16.1 Å². The third-order valence-corrected chi connectivity index (χ3v) is 3.14. The fraction of sp³-hybridized carbons (Fsp3) is 0.583. The van der Waals surface area contributed by atoms with Crippen molar-refractivity contribution in [3.63, 3.8) is 0 Å². The third-order valence-electron chi connectivity index (χ3n) is 3.14. The number of hydrogen-bond donors (Lipinski definition) is 0. The molecule has 1 saturated heterocycles. The van der Waals surface area contributed by atoms with E-state index in [1.165, 1.54) is 0 Å². The lowest BCUT2D eigenvalue weighted by Gasteiger charge is -2.19. The van der Waals surface area contributed by atoms with E-state index in [4.69, 9.17) is 4.52 Å². The van der Waals surface area contributed by atoms with Crippen molar-refractivity contribution in [3.05, 3.63) is 17.5 Å². The molecule has 18 heavy (non-hydrogen) atoms. The molecule has 1 aliphatic rings. The number of hydrogen-bond acceptors (Lipinski definition) is 4. The molecule has 2 heterocycles. The fourth-order valence-electron chi connectivity index (χ4n) is 2.15. The van der Waals surface area contributed by atoms with Crippen LogP contribution >= 0.6 is 0 Å². The Morgan fingerprint density at radius 1 is 1.67 bits per heavy atom. The van der Waals surface area contributed by atoms with Crippen LogP contribution in [0.2, 0.25) is 0 Å². The van der Waals surface area contributed by atoms with E-state index in [9.17, 15) is 9.59 Å². The summed E-state index contributed by atoms with van der Waals surface area (Å²) >= 11 is 0. The van der Waals surface area contributed by atoms with E-state index >= 15 is 0 Å². The summed E-state index contributed by atoms with van der Waals surface area (Å²) in [6.07, 6.45) is 0.303. The maximum absolute atomic E-state index is 12.1. The number of aryl methyl sites for hydroxylation is 1. The monoisotopic (exact) mass is 251 g/mol.